The van der Waals surface area contributed by atoms with Crippen LogP contribution in [0.1, 0.15) is 21.6 Å². The molecule has 0 unspecified atom stereocenters. The van der Waals surface area contributed by atoms with E-state index in [1.807, 2.05) is 31.2 Å². The Kier molecular flexibility index (Phi) is 3.97. The Bertz CT molecular complexity index is 617. The number of benzene rings is 1. The Morgan fingerprint density at radius 2 is 2.11 bits per heavy atom. The first kappa shape index (κ1) is 13.3. The Morgan fingerprint density at radius 3 is 2.68 bits per heavy atom. The second kappa shape index (κ2) is 5.67. The van der Waals surface area contributed by atoms with Crippen molar-refractivity contribution in [2.24, 2.45) is 12.2 Å². The molecule has 0 spiro atoms. The van der Waals surface area contributed by atoms with Gasteiger partial charge in [-0.25, -0.2) is 4.79 Å². The number of nitrogens with zero attached hydrogens (tertiary/aromatic N) is 3. The molecule has 0 saturated heterocycles. The van der Waals surface area contributed by atoms with Crippen LogP contribution in [0.25, 0.3) is 0 Å². The molecule has 1 aromatic carbocycles. The molecule has 5 nitrogen and oxygen atoms in total. The van der Waals surface area contributed by atoms with E-state index in [1.54, 1.807) is 7.05 Å². The van der Waals surface area contributed by atoms with Gasteiger partial charge in [0, 0.05) is 13.2 Å². The SMILES string of the molecule is Cc1ccc(/C=N\OC(=O)c2nn(C)cc2Cl)cc1. The summed E-state index contributed by atoms with van der Waals surface area (Å²) >= 11 is 5.82. The fourth-order valence-corrected chi connectivity index (χ4v) is 1.68. The smallest absolute Gasteiger partial charge is 0.311 e. The van der Waals surface area contributed by atoms with Gasteiger partial charge in [-0.2, -0.15) is 5.10 Å². The standard InChI is InChI=1S/C13H12ClN3O2/c1-9-3-5-10(6-4-9)7-15-19-13(18)12-11(14)8-17(2)16-12/h3-8H,1-2H3/b15-7-. The molecule has 98 valence electrons. The van der Waals surface area contributed by atoms with E-state index in [4.69, 9.17) is 16.4 Å². The van der Waals surface area contributed by atoms with Gasteiger partial charge in [0.25, 0.3) is 0 Å². The minimum absolute atomic E-state index is 0.0465. The zero-order valence-electron chi connectivity index (χ0n) is 10.5. The summed E-state index contributed by atoms with van der Waals surface area (Å²) in [5.41, 5.74) is 2.03. The average Bonchev–Trinajstić information content (AvgIpc) is 2.71. The molecule has 1 aromatic heterocycles. The first-order chi connectivity index (χ1) is 9.06. The van der Waals surface area contributed by atoms with Crippen LogP contribution in [-0.2, 0) is 11.9 Å². The number of aryl methyl sites for hydroxylation is 2. The summed E-state index contributed by atoms with van der Waals surface area (Å²) in [5.74, 6) is -0.686. The summed E-state index contributed by atoms with van der Waals surface area (Å²) in [6, 6.07) is 7.64. The number of rotatable bonds is 3. The van der Waals surface area contributed by atoms with Crippen molar-refractivity contribution in [1.29, 1.82) is 0 Å². The topological polar surface area (TPSA) is 56.5 Å². The van der Waals surface area contributed by atoms with Crippen LogP contribution in [0.2, 0.25) is 5.02 Å². The molecule has 0 aliphatic heterocycles. The maximum atomic E-state index is 11.6. The zero-order chi connectivity index (χ0) is 13.8. The van der Waals surface area contributed by atoms with Crippen molar-refractivity contribution in [2.75, 3.05) is 0 Å². The van der Waals surface area contributed by atoms with Crippen LogP contribution < -0.4 is 0 Å². The van der Waals surface area contributed by atoms with E-state index < -0.39 is 5.97 Å². The van der Waals surface area contributed by atoms with E-state index in [0.717, 1.165) is 11.1 Å². The number of carbonyl (C=O) groups is 1. The van der Waals surface area contributed by atoms with Crippen molar-refractivity contribution in [3.8, 4) is 0 Å². The largest absolute Gasteiger partial charge is 0.387 e. The lowest BCUT2D eigenvalue weighted by Gasteiger charge is -1.95. The molecule has 0 aliphatic rings. The molecule has 0 radical (unpaired) electrons. The third kappa shape index (κ3) is 3.42. The number of hydrogen-bond acceptors (Lipinski definition) is 4. The van der Waals surface area contributed by atoms with Gasteiger partial charge < -0.3 is 4.84 Å². The average molecular weight is 278 g/mol. The van der Waals surface area contributed by atoms with E-state index >= 15 is 0 Å². The molecule has 0 saturated carbocycles. The number of hydrogen-bond donors (Lipinski definition) is 0. The van der Waals surface area contributed by atoms with Crippen LogP contribution in [-0.4, -0.2) is 22.0 Å². The van der Waals surface area contributed by atoms with E-state index in [2.05, 4.69) is 10.3 Å². The number of carbonyl (C=O) groups excluding carboxylic acids is 1. The summed E-state index contributed by atoms with van der Waals surface area (Å²) in [6.07, 6.45) is 2.97. The highest BCUT2D eigenvalue weighted by Gasteiger charge is 2.16. The molecule has 0 bridgehead atoms. The summed E-state index contributed by atoms with van der Waals surface area (Å²) in [6.45, 7) is 1.99. The lowest BCUT2D eigenvalue weighted by molar-refractivity contribution is 0.0511. The fourth-order valence-electron chi connectivity index (χ4n) is 1.43. The van der Waals surface area contributed by atoms with Crippen LogP contribution in [0.15, 0.2) is 35.6 Å². The lowest BCUT2D eigenvalue weighted by atomic mass is 10.2. The predicted molar refractivity (Wildman–Crippen MR) is 72.4 cm³/mol. The van der Waals surface area contributed by atoms with Crippen LogP contribution >= 0.6 is 11.6 Å². The molecule has 0 amide bonds. The van der Waals surface area contributed by atoms with Crippen molar-refractivity contribution in [3.05, 3.63) is 52.3 Å². The first-order valence-corrected chi connectivity index (χ1v) is 5.94. The van der Waals surface area contributed by atoms with Crippen molar-refractivity contribution in [1.82, 2.24) is 9.78 Å². The third-order valence-electron chi connectivity index (χ3n) is 2.39. The number of aromatic nitrogens is 2. The maximum absolute atomic E-state index is 11.6. The van der Waals surface area contributed by atoms with Crippen LogP contribution in [0.5, 0.6) is 0 Å². The molecular formula is C13H12ClN3O2. The van der Waals surface area contributed by atoms with Crippen LogP contribution in [0.3, 0.4) is 0 Å². The summed E-state index contributed by atoms with van der Waals surface area (Å²) in [7, 11) is 1.66. The van der Waals surface area contributed by atoms with E-state index in [0.29, 0.717) is 0 Å². The molecule has 1 heterocycles. The Morgan fingerprint density at radius 1 is 1.42 bits per heavy atom. The first-order valence-electron chi connectivity index (χ1n) is 5.57. The molecule has 0 atom stereocenters. The van der Waals surface area contributed by atoms with Crippen LogP contribution in [0.4, 0.5) is 0 Å². The van der Waals surface area contributed by atoms with Crippen molar-refractivity contribution < 1.29 is 9.63 Å². The summed E-state index contributed by atoms with van der Waals surface area (Å²) in [4.78, 5) is 16.4. The molecule has 0 aliphatic carbocycles. The van der Waals surface area contributed by atoms with E-state index in [1.165, 1.54) is 17.1 Å². The second-order valence-electron chi connectivity index (χ2n) is 4.02. The van der Waals surface area contributed by atoms with Gasteiger partial charge in [0.2, 0.25) is 0 Å². The second-order valence-corrected chi connectivity index (χ2v) is 4.43. The van der Waals surface area contributed by atoms with Gasteiger partial charge in [-0.1, -0.05) is 46.6 Å². The zero-order valence-corrected chi connectivity index (χ0v) is 11.3. The van der Waals surface area contributed by atoms with E-state index in [-0.39, 0.29) is 10.7 Å². The minimum Gasteiger partial charge on any atom is -0.311 e. The summed E-state index contributed by atoms with van der Waals surface area (Å²) < 4.78 is 1.43. The van der Waals surface area contributed by atoms with Crippen molar-refractivity contribution >= 4 is 23.8 Å². The minimum atomic E-state index is -0.686. The third-order valence-corrected chi connectivity index (χ3v) is 2.67. The van der Waals surface area contributed by atoms with Gasteiger partial charge in [-0.3, -0.25) is 4.68 Å². The summed E-state index contributed by atoms with van der Waals surface area (Å²) in [5, 5.41) is 7.73. The monoisotopic (exact) mass is 277 g/mol. The molecule has 0 N–H and O–H groups in total. The number of halogens is 1. The normalized spacial score (nSPS) is 10.9. The van der Waals surface area contributed by atoms with Gasteiger partial charge in [-0.15, -0.1) is 0 Å². The lowest BCUT2D eigenvalue weighted by Crippen LogP contribution is -2.03. The Balaban J connectivity index is 2.00. The van der Waals surface area contributed by atoms with Gasteiger partial charge >= 0.3 is 5.97 Å². The highest BCUT2D eigenvalue weighted by molar-refractivity contribution is 6.33. The highest BCUT2D eigenvalue weighted by atomic mass is 35.5. The molecule has 6 heteroatoms. The quantitative estimate of drug-likeness (QED) is 0.492. The van der Waals surface area contributed by atoms with E-state index in [9.17, 15) is 4.79 Å². The van der Waals surface area contributed by atoms with Crippen LogP contribution in [0, 0.1) is 6.92 Å². The van der Waals surface area contributed by atoms with Gasteiger partial charge in [0.15, 0.2) is 5.69 Å². The predicted octanol–water partition coefficient (Wildman–Crippen LogP) is 2.57. The molecule has 0 fully saturated rings. The van der Waals surface area contributed by atoms with Gasteiger partial charge in [0.1, 0.15) is 0 Å². The fraction of sp³-hybridized carbons (Fsp3) is 0.154. The van der Waals surface area contributed by atoms with Crippen molar-refractivity contribution in [2.45, 2.75) is 6.92 Å². The van der Waals surface area contributed by atoms with Gasteiger partial charge in [0.05, 0.1) is 11.2 Å². The van der Waals surface area contributed by atoms with Crippen molar-refractivity contribution in [3.63, 3.8) is 0 Å². The Labute approximate surface area is 115 Å². The molecule has 19 heavy (non-hydrogen) atoms. The number of oxime groups is 1. The molecule has 2 aromatic rings. The molecular weight excluding hydrogens is 266 g/mol. The molecule has 2 rings (SSSR count). The highest BCUT2D eigenvalue weighted by Crippen LogP contribution is 2.14. The maximum Gasteiger partial charge on any atom is 0.387 e. The van der Waals surface area contributed by atoms with Gasteiger partial charge in [-0.05, 0) is 12.5 Å². The Hall–Kier alpha value is -2.14.